The average Bonchev–Trinajstić information content (AvgIpc) is 2.53. The quantitative estimate of drug-likeness (QED) is 0.804. The average molecular weight is 293 g/mol. The predicted octanol–water partition coefficient (Wildman–Crippen LogP) is 5.21. The largest absolute Gasteiger partial charge is 0.321 e. The van der Waals surface area contributed by atoms with Crippen LogP contribution in [-0.4, -0.2) is 0 Å². The third-order valence-corrected chi connectivity index (χ3v) is 4.74. The minimum atomic E-state index is -0.326. The van der Waals surface area contributed by atoms with Crippen molar-refractivity contribution in [1.29, 1.82) is 0 Å². The number of hydrogen-bond donors (Lipinski definition) is 1. The van der Waals surface area contributed by atoms with Gasteiger partial charge in [0.25, 0.3) is 0 Å². The molecule has 0 aromatic heterocycles. The number of nitrogens with two attached hydrogens (primary N) is 1. The van der Waals surface area contributed by atoms with E-state index in [0.717, 1.165) is 16.7 Å². The summed E-state index contributed by atoms with van der Waals surface area (Å²) >= 11 is 0. The van der Waals surface area contributed by atoms with Crippen molar-refractivity contribution in [1.82, 2.24) is 0 Å². The first kappa shape index (κ1) is 16.5. The van der Waals surface area contributed by atoms with E-state index in [-0.39, 0.29) is 5.54 Å². The first-order valence-electron chi connectivity index (χ1n) is 8.01. The molecule has 2 aromatic rings. The molecule has 22 heavy (non-hydrogen) atoms. The van der Waals surface area contributed by atoms with Gasteiger partial charge >= 0.3 is 0 Å². The third-order valence-electron chi connectivity index (χ3n) is 4.74. The van der Waals surface area contributed by atoms with E-state index in [4.69, 9.17) is 5.73 Å². The summed E-state index contributed by atoms with van der Waals surface area (Å²) < 4.78 is 0. The van der Waals surface area contributed by atoms with E-state index in [2.05, 4.69) is 70.7 Å². The van der Waals surface area contributed by atoms with Crippen molar-refractivity contribution < 1.29 is 0 Å². The van der Waals surface area contributed by atoms with Crippen LogP contribution in [0.5, 0.6) is 0 Å². The number of rotatable bonds is 5. The van der Waals surface area contributed by atoms with Gasteiger partial charge in [-0.25, -0.2) is 0 Å². The van der Waals surface area contributed by atoms with Gasteiger partial charge in [0, 0.05) is 5.54 Å². The minimum Gasteiger partial charge on any atom is -0.321 e. The zero-order valence-electron chi connectivity index (χ0n) is 14.1. The molecule has 0 aliphatic carbocycles. The molecule has 0 aliphatic heterocycles. The fourth-order valence-electron chi connectivity index (χ4n) is 3.12. The maximum atomic E-state index is 6.78. The molecule has 0 atom stereocenters. The van der Waals surface area contributed by atoms with Crippen molar-refractivity contribution in [2.75, 3.05) is 0 Å². The van der Waals surface area contributed by atoms with E-state index in [0.29, 0.717) is 11.8 Å². The van der Waals surface area contributed by atoms with Crippen molar-refractivity contribution in [3.05, 3.63) is 77.9 Å². The van der Waals surface area contributed by atoms with Crippen molar-refractivity contribution in [2.24, 2.45) is 17.6 Å². The maximum Gasteiger partial charge on any atom is 0.0456 e. The maximum absolute atomic E-state index is 6.78. The molecule has 0 radical (unpaired) electrons. The second kappa shape index (κ2) is 6.50. The van der Waals surface area contributed by atoms with E-state index in [1.807, 2.05) is 18.2 Å². The van der Waals surface area contributed by atoms with Crippen LogP contribution in [0.15, 0.2) is 61.2 Å². The molecule has 0 saturated heterocycles. The van der Waals surface area contributed by atoms with Crippen molar-refractivity contribution in [3.8, 4) is 0 Å². The first-order valence-corrected chi connectivity index (χ1v) is 8.01. The summed E-state index contributed by atoms with van der Waals surface area (Å²) in [6.45, 7) is 13.0. The highest BCUT2D eigenvalue weighted by Crippen LogP contribution is 2.35. The van der Waals surface area contributed by atoms with Crippen molar-refractivity contribution in [3.63, 3.8) is 0 Å². The van der Waals surface area contributed by atoms with Crippen LogP contribution >= 0.6 is 0 Å². The molecule has 0 heterocycles. The number of hydrogen-bond acceptors (Lipinski definition) is 1. The molecule has 0 fully saturated rings. The Balaban J connectivity index is 2.45. The SMILES string of the molecule is C=C(c1ccccc1)c1cccc(C(N)(C(C)C)C(C)C)c1. The van der Waals surface area contributed by atoms with Gasteiger partial charge in [-0.3, -0.25) is 0 Å². The molecule has 2 rings (SSSR count). The fraction of sp³-hybridized carbons (Fsp3) is 0.333. The zero-order valence-corrected chi connectivity index (χ0v) is 14.1. The summed E-state index contributed by atoms with van der Waals surface area (Å²) in [5, 5.41) is 0. The third kappa shape index (κ3) is 3.00. The van der Waals surface area contributed by atoms with Crippen LogP contribution in [0.3, 0.4) is 0 Å². The molecule has 2 N–H and O–H groups in total. The van der Waals surface area contributed by atoms with Gasteiger partial charge in [-0.1, -0.05) is 82.8 Å². The highest BCUT2D eigenvalue weighted by Gasteiger charge is 2.34. The smallest absolute Gasteiger partial charge is 0.0456 e. The standard InChI is InChI=1S/C21H27N/c1-15(2)21(22,16(3)4)20-13-9-12-19(14-20)17(5)18-10-7-6-8-11-18/h6-16H,5,22H2,1-4H3. The summed E-state index contributed by atoms with van der Waals surface area (Å²) in [4.78, 5) is 0. The normalized spacial score (nSPS) is 12.0. The van der Waals surface area contributed by atoms with Gasteiger partial charge in [0.15, 0.2) is 0 Å². The van der Waals surface area contributed by atoms with E-state index < -0.39 is 0 Å². The summed E-state index contributed by atoms with van der Waals surface area (Å²) in [5.74, 6) is 0.737. The van der Waals surface area contributed by atoms with E-state index in [1.165, 1.54) is 5.56 Å². The molecule has 0 unspecified atom stereocenters. The van der Waals surface area contributed by atoms with Gasteiger partial charge < -0.3 is 5.73 Å². The molecule has 0 bridgehead atoms. The van der Waals surface area contributed by atoms with Crippen LogP contribution in [0.4, 0.5) is 0 Å². The van der Waals surface area contributed by atoms with Crippen LogP contribution < -0.4 is 5.73 Å². The molecule has 0 amide bonds. The van der Waals surface area contributed by atoms with Crippen LogP contribution in [0.1, 0.15) is 44.4 Å². The topological polar surface area (TPSA) is 26.0 Å². The Morgan fingerprint density at radius 2 is 1.41 bits per heavy atom. The molecule has 2 aromatic carbocycles. The Morgan fingerprint density at radius 1 is 0.864 bits per heavy atom. The van der Waals surface area contributed by atoms with Crippen LogP contribution in [0.2, 0.25) is 0 Å². The second-order valence-corrected chi connectivity index (χ2v) is 6.67. The predicted molar refractivity (Wildman–Crippen MR) is 96.6 cm³/mol. The highest BCUT2D eigenvalue weighted by molar-refractivity contribution is 5.78. The Morgan fingerprint density at radius 3 is 1.95 bits per heavy atom. The summed E-state index contributed by atoms with van der Waals surface area (Å²) in [6, 6.07) is 18.8. The lowest BCUT2D eigenvalue weighted by Crippen LogP contribution is -2.46. The fourth-order valence-corrected chi connectivity index (χ4v) is 3.12. The number of benzene rings is 2. The monoisotopic (exact) mass is 293 g/mol. The van der Waals surface area contributed by atoms with E-state index in [9.17, 15) is 0 Å². The lowest BCUT2D eigenvalue weighted by atomic mass is 9.72. The Kier molecular flexibility index (Phi) is 4.87. The Hall–Kier alpha value is -1.86. The second-order valence-electron chi connectivity index (χ2n) is 6.67. The highest BCUT2D eigenvalue weighted by atomic mass is 14.8. The van der Waals surface area contributed by atoms with E-state index >= 15 is 0 Å². The molecule has 1 heteroatoms. The van der Waals surface area contributed by atoms with Crippen LogP contribution in [-0.2, 0) is 5.54 Å². The summed E-state index contributed by atoms with van der Waals surface area (Å²) in [5.41, 5.74) is 11.0. The molecule has 0 aliphatic rings. The summed E-state index contributed by atoms with van der Waals surface area (Å²) in [7, 11) is 0. The first-order chi connectivity index (χ1) is 10.4. The lowest BCUT2D eigenvalue weighted by molar-refractivity contribution is 0.227. The molecule has 1 nitrogen and oxygen atoms in total. The molecule has 0 spiro atoms. The van der Waals surface area contributed by atoms with Gasteiger partial charge in [0.2, 0.25) is 0 Å². The van der Waals surface area contributed by atoms with Crippen LogP contribution in [0.25, 0.3) is 5.57 Å². The van der Waals surface area contributed by atoms with Gasteiger partial charge in [-0.05, 0) is 40.2 Å². The lowest BCUT2D eigenvalue weighted by Gasteiger charge is -2.38. The molecule has 116 valence electrons. The van der Waals surface area contributed by atoms with Gasteiger partial charge in [-0.2, -0.15) is 0 Å². The summed E-state index contributed by atoms with van der Waals surface area (Å²) in [6.07, 6.45) is 0. The van der Waals surface area contributed by atoms with Gasteiger partial charge in [0.1, 0.15) is 0 Å². The van der Waals surface area contributed by atoms with Gasteiger partial charge in [-0.15, -0.1) is 0 Å². The Labute approximate surface area is 134 Å². The molecule has 0 saturated carbocycles. The molecular formula is C21H27N. The van der Waals surface area contributed by atoms with Crippen molar-refractivity contribution in [2.45, 2.75) is 33.2 Å². The zero-order chi connectivity index (χ0) is 16.3. The Bertz CT molecular complexity index is 630. The minimum absolute atomic E-state index is 0.326. The van der Waals surface area contributed by atoms with Crippen LogP contribution in [0, 0.1) is 11.8 Å². The van der Waals surface area contributed by atoms with E-state index in [1.54, 1.807) is 0 Å². The van der Waals surface area contributed by atoms with Gasteiger partial charge in [0.05, 0.1) is 0 Å². The van der Waals surface area contributed by atoms with Crippen molar-refractivity contribution >= 4 is 5.57 Å². The molecular weight excluding hydrogens is 266 g/mol.